The third kappa shape index (κ3) is 3.62. The number of hydrogen-bond donors (Lipinski definition) is 0. The van der Waals surface area contributed by atoms with Crippen molar-refractivity contribution < 1.29 is 0 Å². The lowest BCUT2D eigenvalue weighted by molar-refractivity contribution is 1.64. The Hall–Kier alpha value is -5.98. The molecule has 0 aliphatic heterocycles. The van der Waals surface area contributed by atoms with Gasteiger partial charge >= 0.3 is 0 Å². The maximum atomic E-state index is 2.38. The molecule has 0 spiro atoms. The van der Waals surface area contributed by atoms with Crippen molar-refractivity contribution in [2.75, 3.05) is 0 Å². The lowest BCUT2D eigenvalue weighted by atomic mass is 9.82. The van der Waals surface area contributed by atoms with E-state index in [1.54, 1.807) is 0 Å². The first-order valence-electron chi connectivity index (χ1n) is 16.0. The molecule has 0 saturated heterocycles. The van der Waals surface area contributed by atoms with Crippen molar-refractivity contribution in [3.63, 3.8) is 0 Å². The highest BCUT2D eigenvalue weighted by Crippen LogP contribution is 2.58. The molecule has 0 nitrogen and oxygen atoms in total. The van der Waals surface area contributed by atoms with Crippen molar-refractivity contribution in [1.29, 1.82) is 0 Å². The van der Waals surface area contributed by atoms with Gasteiger partial charge in [0.15, 0.2) is 0 Å². The first-order chi connectivity index (χ1) is 22.8. The van der Waals surface area contributed by atoms with E-state index < -0.39 is 0 Å². The second kappa shape index (κ2) is 9.76. The molecular weight excluding hydrogens is 553 g/mol. The SMILES string of the molecule is c1ccc(-c2ccc3c4c(cccc24)-c2c-3c(-c3ccc4ccccc4c3)c3ccccc3c2-c2ccc3ccccc3c2)cc1. The standard InChI is InChI=1S/C46H28/c1-2-13-31(14-3-1)36-25-26-41-44-37(36)19-10-20-40(44)45-42(34-23-21-29-11-4-6-15-32(29)27-34)38-17-8-9-18-39(38)43(46(41)45)35-24-22-30-12-5-7-16-33(30)28-35/h1-28H. The lowest BCUT2D eigenvalue weighted by Gasteiger charge is -2.21. The molecule has 10 rings (SSSR count). The van der Waals surface area contributed by atoms with Gasteiger partial charge in [0.2, 0.25) is 0 Å². The summed E-state index contributed by atoms with van der Waals surface area (Å²) in [5, 5.41) is 10.3. The molecule has 0 heterocycles. The Bertz CT molecular complexity index is 2540. The minimum Gasteiger partial charge on any atom is -0.0622 e. The Morgan fingerprint density at radius 2 is 0.717 bits per heavy atom. The highest BCUT2D eigenvalue weighted by Gasteiger charge is 2.31. The van der Waals surface area contributed by atoms with E-state index in [4.69, 9.17) is 0 Å². The molecule has 1 aliphatic carbocycles. The summed E-state index contributed by atoms with van der Waals surface area (Å²) in [5.41, 5.74) is 13.0. The summed E-state index contributed by atoms with van der Waals surface area (Å²) in [6.45, 7) is 0. The van der Waals surface area contributed by atoms with Crippen LogP contribution in [0.15, 0.2) is 170 Å². The van der Waals surface area contributed by atoms with Gasteiger partial charge < -0.3 is 0 Å². The van der Waals surface area contributed by atoms with Crippen molar-refractivity contribution in [1.82, 2.24) is 0 Å². The van der Waals surface area contributed by atoms with Crippen LogP contribution >= 0.6 is 0 Å². The van der Waals surface area contributed by atoms with Gasteiger partial charge in [-0.1, -0.05) is 158 Å². The quantitative estimate of drug-likeness (QED) is 0.195. The van der Waals surface area contributed by atoms with E-state index >= 15 is 0 Å². The number of rotatable bonds is 3. The smallest absolute Gasteiger partial charge is 0.000741 e. The maximum Gasteiger partial charge on any atom is -0.000741 e. The molecule has 46 heavy (non-hydrogen) atoms. The van der Waals surface area contributed by atoms with Crippen molar-refractivity contribution in [2.45, 2.75) is 0 Å². The summed E-state index contributed by atoms with van der Waals surface area (Å²) in [7, 11) is 0. The van der Waals surface area contributed by atoms with Crippen molar-refractivity contribution in [3.8, 4) is 55.6 Å². The molecule has 0 unspecified atom stereocenters. The van der Waals surface area contributed by atoms with Crippen LogP contribution in [0.25, 0.3) is 98.7 Å². The van der Waals surface area contributed by atoms with Gasteiger partial charge in [0.25, 0.3) is 0 Å². The van der Waals surface area contributed by atoms with Gasteiger partial charge in [0.1, 0.15) is 0 Å². The Balaban J connectivity index is 1.39. The van der Waals surface area contributed by atoms with E-state index in [2.05, 4.69) is 170 Å². The van der Waals surface area contributed by atoms with E-state index in [9.17, 15) is 0 Å². The molecule has 0 fully saturated rings. The van der Waals surface area contributed by atoms with Gasteiger partial charge in [-0.15, -0.1) is 0 Å². The van der Waals surface area contributed by atoms with Crippen LogP contribution < -0.4 is 0 Å². The monoisotopic (exact) mass is 580 g/mol. The van der Waals surface area contributed by atoms with Gasteiger partial charge in [0, 0.05) is 0 Å². The summed E-state index contributed by atoms with van der Waals surface area (Å²) in [6, 6.07) is 62.8. The fourth-order valence-corrected chi connectivity index (χ4v) is 7.96. The maximum absolute atomic E-state index is 2.38. The Morgan fingerprint density at radius 1 is 0.239 bits per heavy atom. The highest BCUT2D eigenvalue weighted by atomic mass is 14.3. The molecule has 9 aromatic rings. The summed E-state index contributed by atoms with van der Waals surface area (Å²) >= 11 is 0. The van der Waals surface area contributed by atoms with Gasteiger partial charge in [-0.25, -0.2) is 0 Å². The summed E-state index contributed by atoms with van der Waals surface area (Å²) in [5.74, 6) is 0. The minimum absolute atomic E-state index is 1.25. The topological polar surface area (TPSA) is 0 Å². The molecule has 0 atom stereocenters. The van der Waals surface area contributed by atoms with Crippen molar-refractivity contribution in [3.05, 3.63) is 170 Å². The van der Waals surface area contributed by atoms with Gasteiger partial charge in [0.05, 0.1) is 0 Å². The van der Waals surface area contributed by atoms with Crippen LogP contribution in [-0.4, -0.2) is 0 Å². The van der Waals surface area contributed by atoms with Gasteiger partial charge in [-0.2, -0.15) is 0 Å². The number of benzene rings is 9. The zero-order chi connectivity index (χ0) is 30.2. The third-order valence-corrected chi connectivity index (χ3v) is 9.96. The van der Waals surface area contributed by atoms with Crippen LogP contribution in [0.1, 0.15) is 0 Å². The Kier molecular flexibility index (Phi) is 5.38. The summed E-state index contributed by atoms with van der Waals surface area (Å²) in [6.07, 6.45) is 0. The van der Waals surface area contributed by atoms with E-state index in [-0.39, 0.29) is 0 Å². The second-order valence-corrected chi connectivity index (χ2v) is 12.4. The lowest BCUT2D eigenvalue weighted by Crippen LogP contribution is -1.94. The molecule has 0 aromatic heterocycles. The first-order valence-corrected chi connectivity index (χ1v) is 16.0. The average molecular weight is 581 g/mol. The average Bonchev–Trinajstić information content (AvgIpc) is 3.45. The van der Waals surface area contributed by atoms with E-state index in [0.717, 1.165) is 0 Å². The molecule has 212 valence electrons. The number of hydrogen-bond acceptors (Lipinski definition) is 0. The molecule has 0 radical (unpaired) electrons. The third-order valence-electron chi connectivity index (χ3n) is 9.96. The van der Waals surface area contributed by atoms with Crippen LogP contribution in [0, 0.1) is 0 Å². The van der Waals surface area contributed by atoms with Crippen LogP contribution in [0.2, 0.25) is 0 Å². The van der Waals surface area contributed by atoms with E-state index in [1.165, 1.54) is 98.7 Å². The normalized spacial score (nSPS) is 11.9. The van der Waals surface area contributed by atoms with Gasteiger partial charge in [-0.05, 0) is 111 Å². The van der Waals surface area contributed by atoms with Gasteiger partial charge in [-0.3, -0.25) is 0 Å². The zero-order valence-corrected chi connectivity index (χ0v) is 25.2. The predicted molar refractivity (Wildman–Crippen MR) is 197 cm³/mol. The van der Waals surface area contributed by atoms with Crippen molar-refractivity contribution in [2.24, 2.45) is 0 Å². The van der Waals surface area contributed by atoms with E-state index in [1.807, 2.05) is 0 Å². The predicted octanol–water partition coefficient (Wildman–Crippen LogP) is 12.9. The van der Waals surface area contributed by atoms with Crippen LogP contribution in [0.4, 0.5) is 0 Å². The fourth-order valence-electron chi connectivity index (χ4n) is 7.96. The molecule has 0 bridgehead atoms. The van der Waals surface area contributed by atoms with Crippen LogP contribution in [0.5, 0.6) is 0 Å². The molecule has 0 heteroatoms. The summed E-state index contributed by atoms with van der Waals surface area (Å²) in [4.78, 5) is 0. The molecule has 9 aromatic carbocycles. The molecular formula is C46H28. The Labute approximate surface area is 267 Å². The zero-order valence-electron chi connectivity index (χ0n) is 25.2. The fraction of sp³-hybridized carbons (Fsp3) is 0. The highest BCUT2D eigenvalue weighted by molar-refractivity contribution is 6.29. The van der Waals surface area contributed by atoms with Crippen molar-refractivity contribution >= 4 is 43.1 Å². The largest absolute Gasteiger partial charge is 0.0622 e. The minimum atomic E-state index is 1.25. The van der Waals surface area contributed by atoms with Crippen LogP contribution in [-0.2, 0) is 0 Å². The molecule has 0 N–H and O–H groups in total. The second-order valence-electron chi connectivity index (χ2n) is 12.4. The van der Waals surface area contributed by atoms with Crippen LogP contribution in [0.3, 0.4) is 0 Å². The molecule has 1 aliphatic rings. The van der Waals surface area contributed by atoms with E-state index in [0.29, 0.717) is 0 Å². The Morgan fingerprint density at radius 3 is 1.33 bits per heavy atom. The number of fused-ring (bicyclic) bond motifs is 6. The molecule has 0 amide bonds. The summed E-state index contributed by atoms with van der Waals surface area (Å²) < 4.78 is 0. The first kappa shape index (κ1) is 25.4. The molecule has 0 saturated carbocycles.